The summed E-state index contributed by atoms with van der Waals surface area (Å²) in [5.74, 6) is -0.677. The van der Waals surface area contributed by atoms with Gasteiger partial charge in [0.25, 0.3) is 0 Å². The highest BCUT2D eigenvalue weighted by molar-refractivity contribution is 6.35. The first-order valence-corrected chi connectivity index (χ1v) is 13.2. The van der Waals surface area contributed by atoms with Gasteiger partial charge in [0, 0.05) is 29.0 Å². The van der Waals surface area contributed by atoms with Gasteiger partial charge in [0.1, 0.15) is 11.6 Å². The minimum atomic E-state index is -1.14. The monoisotopic (exact) mass is 563 g/mol. The van der Waals surface area contributed by atoms with Gasteiger partial charge in [0.15, 0.2) is 5.78 Å². The van der Waals surface area contributed by atoms with Crippen LogP contribution in [0.5, 0.6) is 0 Å². The van der Waals surface area contributed by atoms with Gasteiger partial charge in [-0.3, -0.25) is 9.59 Å². The molecule has 0 heterocycles. The first-order chi connectivity index (χ1) is 19.0. The summed E-state index contributed by atoms with van der Waals surface area (Å²) in [6.45, 7) is 6.60. The molecule has 210 valence electrons. The molecule has 0 radical (unpaired) electrons. The van der Waals surface area contributed by atoms with E-state index in [2.05, 4.69) is 16.0 Å². The maximum absolute atomic E-state index is 13.0. The van der Waals surface area contributed by atoms with Crippen molar-refractivity contribution in [2.45, 2.75) is 39.3 Å². The topological polar surface area (TPSA) is 117 Å². The van der Waals surface area contributed by atoms with E-state index in [0.29, 0.717) is 21.8 Å². The van der Waals surface area contributed by atoms with Crippen molar-refractivity contribution < 1.29 is 24.2 Å². The fraction of sp³-hybridized carbons (Fsp3) is 0.258. The highest BCUT2D eigenvalue weighted by Crippen LogP contribution is 2.28. The number of carbonyl (C=O) groups excluding carboxylic acids is 3. The number of para-hydroxylation sites is 1. The van der Waals surface area contributed by atoms with Crippen LogP contribution < -0.4 is 16.0 Å². The standard InChI is InChI=1S/C31H34ClN3O5/c1-20-10-5-7-13-23(20)28(37)24-16-15-22(18-25(24)32)34-26-14-8-6-11-21(26)12-9-17-33-29(38)27(19-36)35-30(39)40-31(2,3)4/h5-16,18,27,34,36H,17,19H2,1-4H3,(H,33,38)(H,35,39)/b12-9+. The molecule has 0 saturated carbocycles. The number of hydrogen-bond donors (Lipinski definition) is 4. The average molecular weight is 564 g/mol. The number of alkyl carbamates (subject to hydrolysis) is 1. The van der Waals surface area contributed by atoms with Gasteiger partial charge in [-0.25, -0.2) is 4.79 Å². The predicted octanol–water partition coefficient (Wildman–Crippen LogP) is 5.64. The van der Waals surface area contributed by atoms with Crippen molar-refractivity contribution >= 4 is 46.8 Å². The van der Waals surface area contributed by atoms with Crippen molar-refractivity contribution in [3.05, 3.63) is 100 Å². The number of aliphatic hydroxyl groups excluding tert-OH is 1. The van der Waals surface area contributed by atoms with Crippen LogP contribution in [0, 0.1) is 6.92 Å². The van der Waals surface area contributed by atoms with Crippen LogP contribution in [0.4, 0.5) is 16.2 Å². The highest BCUT2D eigenvalue weighted by Gasteiger charge is 2.23. The molecule has 3 rings (SSSR count). The van der Waals surface area contributed by atoms with Crippen LogP contribution in [0.15, 0.2) is 72.8 Å². The molecule has 9 heteroatoms. The molecular weight excluding hydrogens is 530 g/mol. The summed E-state index contributed by atoms with van der Waals surface area (Å²) in [6, 6.07) is 19.0. The number of benzene rings is 3. The Kier molecular flexibility index (Phi) is 10.5. The predicted molar refractivity (Wildman–Crippen MR) is 158 cm³/mol. The Labute approximate surface area is 239 Å². The van der Waals surface area contributed by atoms with Crippen LogP contribution in [-0.4, -0.2) is 47.7 Å². The number of hydrogen-bond acceptors (Lipinski definition) is 6. The van der Waals surface area contributed by atoms with Crippen molar-refractivity contribution in [1.29, 1.82) is 0 Å². The first kappa shape index (κ1) is 30.4. The molecule has 0 bridgehead atoms. The van der Waals surface area contributed by atoms with Gasteiger partial charge in [0.05, 0.1) is 11.6 Å². The molecule has 3 aromatic carbocycles. The van der Waals surface area contributed by atoms with Crippen LogP contribution in [0.1, 0.15) is 47.8 Å². The zero-order valence-electron chi connectivity index (χ0n) is 23.0. The van der Waals surface area contributed by atoms with Gasteiger partial charge in [0.2, 0.25) is 5.91 Å². The smallest absolute Gasteiger partial charge is 0.408 e. The van der Waals surface area contributed by atoms with Gasteiger partial charge in [-0.1, -0.05) is 66.2 Å². The maximum Gasteiger partial charge on any atom is 0.408 e. The van der Waals surface area contributed by atoms with Gasteiger partial charge >= 0.3 is 6.09 Å². The molecule has 0 aliphatic carbocycles. The van der Waals surface area contributed by atoms with Gasteiger partial charge < -0.3 is 25.8 Å². The lowest BCUT2D eigenvalue weighted by Crippen LogP contribution is -2.50. The first-order valence-electron chi connectivity index (χ1n) is 12.8. The third kappa shape index (κ3) is 8.69. The molecule has 0 aromatic heterocycles. The van der Waals surface area contributed by atoms with E-state index >= 15 is 0 Å². The Bertz CT molecular complexity index is 1400. The van der Waals surface area contributed by atoms with Crippen LogP contribution in [-0.2, 0) is 9.53 Å². The molecule has 40 heavy (non-hydrogen) atoms. The highest BCUT2D eigenvalue weighted by atomic mass is 35.5. The lowest BCUT2D eigenvalue weighted by molar-refractivity contribution is -0.123. The van der Waals surface area contributed by atoms with E-state index in [0.717, 1.165) is 16.8 Å². The second-order valence-electron chi connectivity index (χ2n) is 10.1. The van der Waals surface area contributed by atoms with Gasteiger partial charge in [-0.05, 0) is 63.1 Å². The number of amides is 2. The normalized spacial score (nSPS) is 12.1. The third-order valence-electron chi connectivity index (χ3n) is 5.72. The molecule has 1 unspecified atom stereocenters. The number of aliphatic hydroxyl groups is 1. The van der Waals surface area contributed by atoms with Crippen LogP contribution in [0.2, 0.25) is 5.02 Å². The third-order valence-corrected chi connectivity index (χ3v) is 6.04. The fourth-order valence-corrected chi connectivity index (χ4v) is 4.04. The number of ketones is 1. The Morgan fingerprint density at radius 2 is 1.70 bits per heavy atom. The van der Waals surface area contributed by atoms with Gasteiger partial charge in [-0.2, -0.15) is 0 Å². The fourth-order valence-electron chi connectivity index (χ4n) is 3.77. The van der Waals surface area contributed by atoms with E-state index in [9.17, 15) is 19.5 Å². The van der Waals surface area contributed by atoms with Crippen molar-refractivity contribution in [2.75, 3.05) is 18.5 Å². The number of carbonyl (C=O) groups is 3. The average Bonchev–Trinajstić information content (AvgIpc) is 2.89. The molecule has 0 fully saturated rings. The van der Waals surface area contributed by atoms with Crippen molar-refractivity contribution in [2.24, 2.45) is 0 Å². The maximum atomic E-state index is 13.0. The minimum Gasteiger partial charge on any atom is -0.444 e. The number of anilines is 2. The number of aryl methyl sites for hydroxylation is 1. The van der Waals surface area contributed by atoms with Crippen molar-refractivity contribution in [1.82, 2.24) is 10.6 Å². The Balaban J connectivity index is 1.63. The number of nitrogens with one attached hydrogen (secondary N) is 3. The summed E-state index contributed by atoms with van der Waals surface area (Å²) in [5.41, 5.74) is 3.54. The summed E-state index contributed by atoms with van der Waals surface area (Å²) >= 11 is 6.50. The molecule has 8 nitrogen and oxygen atoms in total. The van der Waals surface area contributed by atoms with Crippen LogP contribution in [0.25, 0.3) is 6.08 Å². The molecule has 0 aliphatic rings. The quantitative estimate of drug-likeness (QED) is 0.237. The molecule has 0 spiro atoms. The molecular formula is C31H34ClN3O5. The van der Waals surface area contributed by atoms with E-state index in [1.54, 1.807) is 51.1 Å². The van der Waals surface area contributed by atoms with E-state index in [4.69, 9.17) is 16.3 Å². The lowest BCUT2D eigenvalue weighted by atomic mass is 9.99. The summed E-state index contributed by atoms with van der Waals surface area (Å²) < 4.78 is 5.13. The van der Waals surface area contributed by atoms with Crippen LogP contribution >= 0.6 is 11.6 Å². The summed E-state index contributed by atoms with van der Waals surface area (Å²) in [6.07, 6.45) is 2.79. The summed E-state index contributed by atoms with van der Waals surface area (Å²) in [5, 5.41) is 18.2. The Morgan fingerprint density at radius 1 is 1.00 bits per heavy atom. The second-order valence-corrected chi connectivity index (χ2v) is 10.5. The van der Waals surface area contributed by atoms with Crippen molar-refractivity contribution in [3.8, 4) is 0 Å². The summed E-state index contributed by atoms with van der Waals surface area (Å²) in [7, 11) is 0. The van der Waals surface area contributed by atoms with Crippen molar-refractivity contribution in [3.63, 3.8) is 0 Å². The second kappa shape index (κ2) is 13.8. The molecule has 0 saturated heterocycles. The van der Waals surface area contributed by atoms with E-state index in [1.807, 2.05) is 55.5 Å². The molecule has 0 aliphatic heterocycles. The zero-order chi connectivity index (χ0) is 29.3. The van der Waals surface area contributed by atoms with E-state index in [1.165, 1.54) is 0 Å². The van der Waals surface area contributed by atoms with E-state index < -0.39 is 30.3 Å². The Morgan fingerprint density at radius 3 is 2.38 bits per heavy atom. The number of halogens is 1. The Hall–Kier alpha value is -4.14. The largest absolute Gasteiger partial charge is 0.444 e. The number of ether oxygens (including phenoxy) is 1. The number of rotatable bonds is 10. The molecule has 1 atom stereocenters. The summed E-state index contributed by atoms with van der Waals surface area (Å²) in [4.78, 5) is 37.3. The van der Waals surface area contributed by atoms with Crippen LogP contribution in [0.3, 0.4) is 0 Å². The van der Waals surface area contributed by atoms with E-state index in [-0.39, 0.29) is 12.3 Å². The lowest BCUT2D eigenvalue weighted by Gasteiger charge is -2.22. The van der Waals surface area contributed by atoms with Gasteiger partial charge in [-0.15, -0.1) is 0 Å². The molecule has 2 amide bonds. The SMILES string of the molecule is Cc1ccccc1C(=O)c1ccc(Nc2ccccc2/C=C/CNC(=O)C(CO)NC(=O)OC(C)(C)C)cc1Cl. The molecule has 3 aromatic rings. The minimum absolute atomic E-state index is 0.134. The zero-order valence-corrected chi connectivity index (χ0v) is 23.7. The molecule has 4 N–H and O–H groups in total.